The molecule has 12 nitrogen and oxygen atoms in total. The summed E-state index contributed by atoms with van der Waals surface area (Å²) in [5, 5.41) is 16.3. The fourth-order valence-corrected chi connectivity index (χ4v) is 5.65. The number of nitrogens with one attached hydrogen (secondary N) is 2. The van der Waals surface area contributed by atoms with E-state index >= 15 is 0 Å². The molecule has 1 saturated carbocycles. The van der Waals surface area contributed by atoms with Crippen LogP contribution in [0.5, 0.6) is 5.75 Å². The summed E-state index contributed by atoms with van der Waals surface area (Å²) in [5.41, 5.74) is 1.14. The fraction of sp³-hybridized carbons (Fsp3) is 0.370. The first-order valence-electron chi connectivity index (χ1n) is 12.8. The first-order chi connectivity index (χ1) is 18.8. The van der Waals surface area contributed by atoms with Gasteiger partial charge in [-0.05, 0) is 55.5 Å². The van der Waals surface area contributed by atoms with Crippen LogP contribution in [-0.4, -0.2) is 64.0 Å². The van der Waals surface area contributed by atoms with Crippen molar-refractivity contribution in [1.82, 2.24) is 14.9 Å². The molecule has 3 aliphatic rings. The Morgan fingerprint density at radius 1 is 1.18 bits per heavy atom. The van der Waals surface area contributed by atoms with Gasteiger partial charge in [-0.3, -0.25) is 14.5 Å². The van der Waals surface area contributed by atoms with Crippen molar-refractivity contribution in [2.75, 3.05) is 23.4 Å². The van der Waals surface area contributed by atoms with Gasteiger partial charge in [0.2, 0.25) is 0 Å². The zero-order valence-electron chi connectivity index (χ0n) is 21.2. The van der Waals surface area contributed by atoms with E-state index in [4.69, 9.17) is 9.47 Å². The Balaban J connectivity index is 1.13. The van der Waals surface area contributed by atoms with E-state index in [1.807, 2.05) is 0 Å². The Kier molecular flexibility index (Phi) is 6.18. The average molecular weight is 534 g/mol. The third kappa shape index (κ3) is 4.56. The number of carboxylic acids is 1. The van der Waals surface area contributed by atoms with Gasteiger partial charge in [-0.2, -0.15) is 0 Å². The highest BCUT2D eigenvalue weighted by molar-refractivity contribution is 5.96. The van der Waals surface area contributed by atoms with E-state index in [0.29, 0.717) is 48.6 Å². The van der Waals surface area contributed by atoms with Gasteiger partial charge in [-0.15, -0.1) is 0 Å². The lowest BCUT2D eigenvalue weighted by Crippen LogP contribution is -2.46. The summed E-state index contributed by atoms with van der Waals surface area (Å²) in [6.07, 6.45) is 1.27. The van der Waals surface area contributed by atoms with Gasteiger partial charge in [0.05, 0.1) is 17.1 Å². The molecule has 1 aliphatic carbocycles. The molecule has 6 rings (SSSR count). The maximum Gasteiger partial charge on any atom is 0.416 e. The highest BCUT2D eigenvalue weighted by atomic mass is 16.6. The molecule has 0 radical (unpaired) electrons. The van der Waals surface area contributed by atoms with Gasteiger partial charge in [0.1, 0.15) is 11.9 Å². The van der Waals surface area contributed by atoms with Crippen LogP contribution in [0.1, 0.15) is 35.2 Å². The minimum absolute atomic E-state index is 0.0724. The van der Waals surface area contributed by atoms with E-state index in [-0.39, 0.29) is 47.6 Å². The van der Waals surface area contributed by atoms with E-state index in [2.05, 4.69) is 15.6 Å². The number of carbonyl (C=O) groups is 3. The predicted octanol–water partition coefficient (Wildman–Crippen LogP) is 2.27. The molecule has 3 atom stereocenters. The molecule has 39 heavy (non-hydrogen) atoms. The average Bonchev–Trinajstić information content (AvgIpc) is 3.24. The summed E-state index contributed by atoms with van der Waals surface area (Å²) in [5.74, 6) is -0.214. The summed E-state index contributed by atoms with van der Waals surface area (Å²) in [7, 11) is 0. The first-order valence-corrected chi connectivity index (χ1v) is 12.8. The van der Waals surface area contributed by atoms with Gasteiger partial charge in [0.15, 0.2) is 18.2 Å². The van der Waals surface area contributed by atoms with E-state index < -0.39 is 12.1 Å². The lowest BCUT2D eigenvalue weighted by Gasteiger charge is -2.33. The summed E-state index contributed by atoms with van der Waals surface area (Å²) in [6.45, 7) is 2.53. The Morgan fingerprint density at radius 3 is 2.85 bits per heavy atom. The van der Waals surface area contributed by atoms with Crippen LogP contribution in [0.3, 0.4) is 0 Å². The molecule has 1 aromatic carbocycles. The van der Waals surface area contributed by atoms with Crippen LogP contribution in [-0.2, 0) is 16.1 Å². The summed E-state index contributed by atoms with van der Waals surface area (Å²) in [6, 6.07) is 9.81. The maximum absolute atomic E-state index is 12.9. The number of fused-ring (bicyclic) bond motifs is 3. The van der Waals surface area contributed by atoms with Crippen LogP contribution in [0.4, 0.5) is 16.4 Å². The number of pyridine rings is 2. The molecule has 0 bridgehead atoms. The Labute approximate surface area is 222 Å². The van der Waals surface area contributed by atoms with Crippen LogP contribution in [0, 0.1) is 6.92 Å². The number of carboxylic acid groups (broad SMARTS) is 1. The maximum atomic E-state index is 12.9. The van der Waals surface area contributed by atoms with Crippen LogP contribution >= 0.6 is 0 Å². The fourth-order valence-electron chi connectivity index (χ4n) is 5.65. The molecule has 2 aromatic heterocycles. The highest BCUT2D eigenvalue weighted by Crippen LogP contribution is 2.37. The van der Waals surface area contributed by atoms with Crippen molar-refractivity contribution in [1.29, 1.82) is 0 Å². The second-order valence-electron chi connectivity index (χ2n) is 10.0. The van der Waals surface area contributed by atoms with E-state index in [1.165, 1.54) is 12.1 Å². The smallest absolute Gasteiger partial charge is 0.416 e. The van der Waals surface area contributed by atoms with Gasteiger partial charge >= 0.3 is 12.1 Å². The lowest BCUT2D eigenvalue weighted by atomic mass is 9.88. The van der Waals surface area contributed by atoms with Crippen molar-refractivity contribution < 1.29 is 29.0 Å². The number of amides is 2. The van der Waals surface area contributed by atoms with Crippen molar-refractivity contribution >= 4 is 40.5 Å². The SMILES string of the molecule is Cc1cc2ccc(C(=O)O)cc2n(CCN[C@@H]2CC[C@@H]3[C@@H](C2)OC(=O)N3c2ccc3c(n2)NC(=O)CO3)c1=O. The molecule has 4 heterocycles. The van der Waals surface area contributed by atoms with Crippen molar-refractivity contribution in [3.8, 4) is 5.75 Å². The molecular formula is C27H27N5O7. The number of anilines is 2. The van der Waals surface area contributed by atoms with Crippen molar-refractivity contribution in [3.05, 3.63) is 57.9 Å². The number of benzene rings is 1. The van der Waals surface area contributed by atoms with Crippen molar-refractivity contribution in [2.45, 2.75) is 50.9 Å². The number of rotatable bonds is 6. The first kappa shape index (κ1) is 24.9. The zero-order valence-corrected chi connectivity index (χ0v) is 21.2. The predicted molar refractivity (Wildman–Crippen MR) is 140 cm³/mol. The number of nitrogens with zero attached hydrogens (tertiary/aromatic N) is 3. The van der Waals surface area contributed by atoms with Crippen LogP contribution in [0.25, 0.3) is 10.9 Å². The largest absolute Gasteiger partial charge is 0.480 e. The summed E-state index contributed by atoms with van der Waals surface area (Å²) >= 11 is 0. The van der Waals surface area contributed by atoms with Gasteiger partial charge in [-0.1, -0.05) is 6.07 Å². The number of aromatic carboxylic acids is 1. The second kappa shape index (κ2) is 9.70. The molecular weight excluding hydrogens is 506 g/mol. The zero-order chi connectivity index (χ0) is 27.3. The summed E-state index contributed by atoms with van der Waals surface area (Å²) in [4.78, 5) is 54.8. The van der Waals surface area contributed by atoms with Gasteiger partial charge in [0, 0.05) is 31.1 Å². The van der Waals surface area contributed by atoms with Crippen molar-refractivity contribution in [3.63, 3.8) is 0 Å². The molecule has 2 fully saturated rings. The van der Waals surface area contributed by atoms with E-state index in [0.717, 1.165) is 11.8 Å². The highest BCUT2D eigenvalue weighted by Gasteiger charge is 2.46. The molecule has 0 spiro atoms. The van der Waals surface area contributed by atoms with Gasteiger partial charge < -0.3 is 29.8 Å². The number of hydrogen-bond acceptors (Lipinski definition) is 8. The monoisotopic (exact) mass is 533 g/mol. The minimum atomic E-state index is -1.05. The number of aromatic nitrogens is 2. The molecule has 2 amide bonds. The van der Waals surface area contributed by atoms with Gasteiger partial charge in [0.25, 0.3) is 11.5 Å². The second-order valence-corrected chi connectivity index (χ2v) is 10.0. The lowest BCUT2D eigenvalue weighted by molar-refractivity contribution is -0.118. The number of hydrogen-bond donors (Lipinski definition) is 3. The quantitative estimate of drug-likeness (QED) is 0.433. The van der Waals surface area contributed by atoms with Crippen LogP contribution < -0.4 is 25.8 Å². The molecule has 12 heteroatoms. The van der Waals surface area contributed by atoms with Crippen molar-refractivity contribution in [2.24, 2.45) is 0 Å². The Bertz CT molecular complexity index is 1570. The molecule has 2 aliphatic heterocycles. The minimum Gasteiger partial charge on any atom is -0.480 e. The normalized spacial score (nSPS) is 22.1. The molecule has 202 valence electrons. The summed E-state index contributed by atoms with van der Waals surface area (Å²) < 4.78 is 12.7. The van der Waals surface area contributed by atoms with E-state index in [1.54, 1.807) is 40.7 Å². The third-order valence-corrected chi connectivity index (χ3v) is 7.54. The standard InChI is InChI=1S/C27H27N5O7/c1-14-10-15-2-3-16(26(35)36)11-19(15)31(25(14)34)9-8-28-17-4-5-18-21(12-17)39-27(37)32(18)22-7-6-20-24(29-22)30-23(33)13-38-20/h2-3,6-7,10-11,17-18,21,28H,4-5,8-9,12-13H2,1H3,(H,35,36)(H,29,30,33)/t17-,18-,21-/m1/s1. The third-order valence-electron chi connectivity index (χ3n) is 7.54. The van der Waals surface area contributed by atoms with Gasteiger partial charge in [-0.25, -0.2) is 14.6 Å². The molecule has 3 aromatic rings. The molecule has 0 unspecified atom stereocenters. The molecule has 3 N–H and O–H groups in total. The topological polar surface area (TPSA) is 152 Å². The molecule has 1 saturated heterocycles. The number of aryl methyl sites for hydroxylation is 1. The number of carbonyl (C=O) groups excluding carboxylic acids is 2. The van der Waals surface area contributed by atoms with Crippen LogP contribution in [0.2, 0.25) is 0 Å². The Hall–Kier alpha value is -4.45. The van der Waals surface area contributed by atoms with E-state index in [9.17, 15) is 24.3 Å². The Morgan fingerprint density at radius 2 is 2.03 bits per heavy atom. The number of ether oxygens (including phenoxy) is 2. The van der Waals surface area contributed by atoms with Crippen LogP contribution in [0.15, 0.2) is 41.2 Å².